The standard InChI is InChI=1S/C23H22N2O4S/c1-17-25-20(16-30-17)15-28-21-10-7-18(8-11-21)9-12-22(26)24-13-23(27)29-14-19-5-3-2-4-6-19/h2-12,16H,13-15H2,1H3,(H,24,26)/b12-9+. The van der Waals surface area contributed by atoms with Crippen molar-refractivity contribution in [3.63, 3.8) is 0 Å². The van der Waals surface area contributed by atoms with Crippen LogP contribution >= 0.6 is 11.3 Å². The molecule has 2 aromatic carbocycles. The van der Waals surface area contributed by atoms with Crippen molar-refractivity contribution in [3.05, 3.63) is 87.9 Å². The zero-order valence-corrected chi connectivity index (χ0v) is 17.4. The summed E-state index contributed by atoms with van der Waals surface area (Å²) in [7, 11) is 0. The highest BCUT2D eigenvalue weighted by Gasteiger charge is 2.05. The minimum absolute atomic E-state index is 0.182. The van der Waals surface area contributed by atoms with E-state index in [1.807, 2.05) is 66.9 Å². The number of rotatable bonds is 9. The molecule has 0 bridgehead atoms. The number of thiazole rings is 1. The third-order valence-electron chi connectivity index (χ3n) is 4.01. The first-order chi connectivity index (χ1) is 14.6. The van der Waals surface area contributed by atoms with Gasteiger partial charge < -0.3 is 14.8 Å². The number of esters is 1. The number of aromatic nitrogens is 1. The number of ether oxygens (including phenoxy) is 2. The maximum Gasteiger partial charge on any atom is 0.325 e. The van der Waals surface area contributed by atoms with Crippen LogP contribution in [0.3, 0.4) is 0 Å². The normalized spacial score (nSPS) is 10.7. The highest BCUT2D eigenvalue weighted by Crippen LogP contribution is 2.16. The molecule has 0 fully saturated rings. The van der Waals surface area contributed by atoms with Crippen LogP contribution in [0.2, 0.25) is 0 Å². The van der Waals surface area contributed by atoms with Gasteiger partial charge in [-0.15, -0.1) is 11.3 Å². The molecule has 1 amide bonds. The number of nitrogens with one attached hydrogen (secondary N) is 1. The Bertz CT molecular complexity index is 998. The van der Waals surface area contributed by atoms with E-state index in [4.69, 9.17) is 9.47 Å². The molecular formula is C23H22N2O4S. The van der Waals surface area contributed by atoms with Gasteiger partial charge in [0.05, 0.1) is 10.7 Å². The van der Waals surface area contributed by atoms with Crippen molar-refractivity contribution >= 4 is 29.3 Å². The Kier molecular flexibility index (Phi) is 7.74. The molecule has 0 spiro atoms. The summed E-state index contributed by atoms with van der Waals surface area (Å²) >= 11 is 1.59. The number of amides is 1. The molecule has 154 valence electrons. The second-order valence-corrected chi connectivity index (χ2v) is 7.48. The van der Waals surface area contributed by atoms with E-state index < -0.39 is 5.97 Å². The Hall–Kier alpha value is -3.45. The highest BCUT2D eigenvalue weighted by atomic mass is 32.1. The molecule has 0 saturated carbocycles. The average Bonchev–Trinajstić information content (AvgIpc) is 3.20. The van der Waals surface area contributed by atoms with E-state index >= 15 is 0 Å². The molecule has 3 rings (SSSR count). The summed E-state index contributed by atoms with van der Waals surface area (Å²) in [4.78, 5) is 28.0. The van der Waals surface area contributed by atoms with Gasteiger partial charge in [-0.25, -0.2) is 4.98 Å². The maximum absolute atomic E-state index is 11.9. The fourth-order valence-corrected chi connectivity index (χ4v) is 3.08. The number of carbonyl (C=O) groups is 2. The molecule has 0 atom stereocenters. The first-order valence-corrected chi connectivity index (χ1v) is 10.3. The van der Waals surface area contributed by atoms with Gasteiger partial charge in [0.1, 0.15) is 25.5 Å². The summed E-state index contributed by atoms with van der Waals surface area (Å²) in [6, 6.07) is 16.7. The SMILES string of the molecule is Cc1nc(COc2ccc(/C=C/C(=O)NCC(=O)OCc3ccccc3)cc2)cs1. The number of hydrogen-bond donors (Lipinski definition) is 1. The lowest BCUT2D eigenvalue weighted by Crippen LogP contribution is -2.29. The van der Waals surface area contributed by atoms with Crippen LogP contribution in [0.5, 0.6) is 5.75 Å². The van der Waals surface area contributed by atoms with E-state index in [0.29, 0.717) is 6.61 Å². The van der Waals surface area contributed by atoms with Gasteiger partial charge >= 0.3 is 5.97 Å². The van der Waals surface area contributed by atoms with Gasteiger partial charge in [0.15, 0.2) is 0 Å². The lowest BCUT2D eigenvalue weighted by Gasteiger charge is -2.05. The highest BCUT2D eigenvalue weighted by molar-refractivity contribution is 7.09. The van der Waals surface area contributed by atoms with Gasteiger partial charge in [0.2, 0.25) is 5.91 Å². The van der Waals surface area contributed by atoms with Gasteiger partial charge in [-0.3, -0.25) is 9.59 Å². The van der Waals surface area contributed by atoms with E-state index in [1.165, 1.54) is 6.08 Å². The smallest absolute Gasteiger partial charge is 0.325 e. The van der Waals surface area contributed by atoms with E-state index in [0.717, 1.165) is 27.6 Å². The Morgan fingerprint density at radius 2 is 1.83 bits per heavy atom. The van der Waals surface area contributed by atoms with E-state index in [2.05, 4.69) is 10.3 Å². The van der Waals surface area contributed by atoms with Crippen molar-refractivity contribution in [2.24, 2.45) is 0 Å². The molecular weight excluding hydrogens is 400 g/mol. The Balaban J connectivity index is 1.38. The minimum Gasteiger partial charge on any atom is -0.487 e. The van der Waals surface area contributed by atoms with Crippen molar-refractivity contribution in [2.75, 3.05) is 6.54 Å². The molecule has 0 aliphatic heterocycles. The molecule has 6 nitrogen and oxygen atoms in total. The van der Waals surface area contributed by atoms with Crippen LogP contribution in [0.1, 0.15) is 21.8 Å². The van der Waals surface area contributed by atoms with Crippen LogP contribution in [-0.4, -0.2) is 23.4 Å². The molecule has 7 heteroatoms. The first kappa shape index (κ1) is 21.3. The summed E-state index contributed by atoms with van der Waals surface area (Å²) in [5, 5.41) is 5.50. The van der Waals surface area contributed by atoms with Crippen molar-refractivity contribution in [3.8, 4) is 5.75 Å². The second-order valence-electron chi connectivity index (χ2n) is 6.41. The quantitative estimate of drug-likeness (QED) is 0.418. The van der Waals surface area contributed by atoms with Crippen molar-refractivity contribution < 1.29 is 19.1 Å². The van der Waals surface area contributed by atoms with Crippen LogP contribution in [0.25, 0.3) is 6.08 Å². The molecule has 0 aliphatic rings. The second kappa shape index (κ2) is 10.9. The molecule has 0 unspecified atom stereocenters. The van der Waals surface area contributed by atoms with Crippen molar-refractivity contribution in [1.29, 1.82) is 0 Å². The summed E-state index contributed by atoms with van der Waals surface area (Å²) in [6.07, 6.45) is 3.04. The van der Waals surface area contributed by atoms with Gasteiger partial charge in [0.25, 0.3) is 0 Å². The molecule has 30 heavy (non-hydrogen) atoms. The number of aryl methyl sites for hydroxylation is 1. The Morgan fingerprint density at radius 1 is 1.07 bits per heavy atom. The van der Waals surface area contributed by atoms with Gasteiger partial charge in [0, 0.05) is 11.5 Å². The zero-order chi connectivity index (χ0) is 21.2. The fraction of sp³-hybridized carbons (Fsp3) is 0.174. The van der Waals surface area contributed by atoms with Gasteiger partial charge in [-0.1, -0.05) is 42.5 Å². The summed E-state index contributed by atoms with van der Waals surface area (Å²) in [5.74, 6) is -0.133. The topological polar surface area (TPSA) is 77.5 Å². The largest absolute Gasteiger partial charge is 0.487 e. The number of nitrogens with zero attached hydrogens (tertiary/aromatic N) is 1. The van der Waals surface area contributed by atoms with Crippen LogP contribution in [0.4, 0.5) is 0 Å². The monoisotopic (exact) mass is 422 g/mol. The van der Waals surface area contributed by atoms with Gasteiger partial charge in [-0.05, 0) is 36.3 Å². The average molecular weight is 423 g/mol. The lowest BCUT2D eigenvalue weighted by atomic mass is 10.2. The lowest BCUT2D eigenvalue weighted by molar-refractivity contribution is -0.144. The summed E-state index contributed by atoms with van der Waals surface area (Å²) in [6.45, 7) is 2.38. The molecule has 1 heterocycles. The number of benzene rings is 2. The molecule has 1 N–H and O–H groups in total. The van der Waals surface area contributed by atoms with Crippen LogP contribution in [-0.2, 0) is 27.5 Å². The Labute approximate surface area is 179 Å². The summed E-state index contributed by atoms with van der Waals surface area (Å²) < 4.78 is 10.8. The molecule has 0 radical (unpaired) electrons. The third kappa shape index (κ3) is 7.18. The van der Waals surface area contributed by atoms with Crippen LogP contribution in [0.15, 0.2) is 66.1 Å². The number of carbonyl (C=O) groups excluding carboxylic acids is 2. The van der Waals surface area contributed by atoms with Crippen LogP contribution in [0, 0.1) is 6.92 Å². The molecule has 3 aromatic rings. The molecule has 1 aromatic heterocycles. The van der Waals surface area contributed by atoms with E-state index in [9.17, 15) is 9.59 Å². The zero-order valence-electron chi connectivity index (χ0n) is 16.5. The first-order valence-electron chi connectivity index (χ1n) is 9.38. The van der Waals surface area contributed by atoms with Gasteiger partial charge in [-0.2, -0.15) is 0 Å². The van der Waals surface area contributed by atoms with Crippen LogP contribution < -0.4 is 10.1 Å². The van der Waals surface area contributed by atoms with E-state index in [1.54, 1.807) is 17.4 Å². The third-order valence-corrected chi connectivity index (χ3v) is 4.83. The van der Waals surface area contributed by atoms with Crippen molar-refractivity contribution in [2.45, 2.75) is 20.1 Å². The maximum atomic E-state index is 11.9. The minimum atomic E-state index is -0.489. The fourth-order valence-electron chi connectivity index (χ4n) is 2.49. The molecule has 0 saturated heterocycles. The predicted octanol–water partition coefficient (Wildman–Crippen LogP) is 3.90. The van der Waals surface area contributed by atoms with Crippen molar-refractivity contribution in [1.82, 2.24) is 10.3 Å². The summed E-state index contributed by atoms with van der Waals surface area (Å²) in [5.41, 5.74) is 2.64. The van der Waals surface area contributed by atoms with E-state index in [-0.39, 0.29) is 19.1 Å². The Morgan fingerprint density at radius 3 is 2.53 bits per heavy atom. The predicted molar refractivity (Wildman–Crippen MR) is 116 cm³/mol. The molecule has 0 aliphatic carbocycles. The number of hydrogen-bond acceptors (Lipinski definition) is 6.